The summed E-state index contributed by atoms with van der Waals surface area (Å²) >= 11 is 6.08. The van der Waals surface area contributed by atoms with Crippen LogP contribution in [0.15, 0.2) is 64.7 Å². The fourth-order valence-electron chi connectivity index (χ4n) is 3.92. The molecule has 1 N–H and O–H groups in total. The summed E-state index contributed by atoms with van der Waals surface area (Å²) in [6.07, 6.45) is 2.83. The summed E-state index contributed by atoms with van der Waals surface area (Å²) in [5.41, 5.74) is 1.52. The Kier molecular flexibility index (Phi) is 4.77. The van der Waals surface area contributed by atoms with Crippen LogP contribution < -0.4 is 10.3 Å². The number of sulfonamides is 1. The number of aromatic amines is 1. The Hall–Kier alpha value is -3.27. The SMILES string of the molecule is CN(C)S(=O)(=O)c1cc2c(c3ncccc13)Oc1nc[nH]c(=O)c1C2c1ccc(Cl)cc1. The number of benzene rings is 2. The lowest BCUT2D eigenvalue weighted by Gasteiger charge is -2.28. The molecule has 162 valence electrons. The number of rotatable bonds is 3. The van der Waals surface area contributed by atoms with Crippen LogP contribution in [-0.2, 0) is 10.0 Å². The van der Waals surface area contributed by atoms with E-state index in [9.17, 15) is 13.2 Å². The third-order valence-corrected chi connectivity index (χ3v) is 7.56. The molecule has 0 radical (unpaired) electrons. The van der Waals surface area contributed by atoms with Gasteiger partial charge in [0.05, 0.1) is 16.8 Å². The number of halogens is 1. The first-order valence-electron chi connectivity index (χ1n) is 9.64. The molecule has 0 saturated heterocycles. The number of nitrogens with zero attached hydrogens (tertiary/aromatic N) is 3. The number of fused-ring (bicyclic) bond motifs is 4. The third-order valence-electron chi connectivity index (χ3n) is 5.45. The van der Waals surface area contributed by atoms with Gasteiger partial charge >= 0.3 is 0 Å². The fraction of sp³-hybridized carbons (Fsp3) is 0.136. The van der Waals surface area contributed by atoms with Gasteiger partial charge in [-0.05, 0) is 35.9 Å². The van der Waals surface area contributed by atoms with Crippen molar-refractivity contribution in [2.24, 2.45) is 0 Å². The molecule has 1 atom stereocenters. The third kappa shape index (κ3) is 3.09. The number of hydrogen-bond acceptors (Lipinski definition) is 6. The van der Waals surface area contributed by atoms with E-state index in [2.05, 4.69) is 15.0 Å². The van der Waals surface area contributed by atoms with Crippen molar-refractivity contribution in [3.63, 3.8) is 0 Å². The first-order valence-corrected chi connectivity index (χ1v) is 11.5. The van der Waals surface area contributed by atoms with Gasteiger partial charge in [-0.3, -0.25) is 9.78 Å². The summed E-state index contributed by atoms with van der Waals surface area (Å²) in [6.45, 7) is 0. The molecule has 0 spiro atoms. The quantitative estimate of drug-likeness (QED) is 0.434. The number of hydrogen-bond donors (Lipinski definition) is 1. The monoisotopic (exact) mass is 468 g/mol. The summed E-state index contributed by atoms with van der Waals surface area (Å²) in [5.74, 6) is -0.119. The van der Waals surface area contributed by atoms with Crippen LogP contribution in [0.25, 0.3) is 10.9 Å². The second-order valence-corrected chi connectivity index (χ2v) is 10.1. The van der Waals surface area contributed by atoms with Crippen molar-refractivity contribution in [2.45, 2.75) is 10.8 Å². The van der Waals surface area contributed by atoms with Crippen molar-refractivity contribution < 1.29 is 13.2 Å². The zero-order valence-electron chi connectivity index (χ0n) is 17.0. The number of aromatic nitrogens is 3. The second kappa shape index (κ2) is 7.40. The minimum atomic E-state index is -3.82. The van der Waals surface area contributed by atoms with Gasteiger partial charge in [-0.2, -0.15) is 0 Å². The number of H-pyrrole nitrogens is 1. The Morgan fingerprint density at radius 3 is 2.59 bits per heavy atom. The molecule has 0 amide bonds. The van der Waals surface area contributed by atoms with Crippen LogP contribution in [0.2, 0.25) is 5.02 Å². The average Bonchev–Trinajstić information content (AvgIpc) is 2.78. The van der Waals surface area contributed by atoms with E-state index in [0.717, 1.165) is 9.87 Å². The van der Waals surface area contributed by atoms with Crippen molar-refractivity contribution in [2.75, 3.05) is 14.1 Å². The Labute approximate surface area is 188 Å². The molecule has 0 aliphatic carbocycles. The van der Waals surface area contributed by atoms with Crippen LogP contribution in [0.4, 0.5) is 0 Å². The standard InChI is InChI=1S/C22H17ClN4O4S/c1-27(2)32(29,30)16-10-15-17(12-5-7-13(23)8-6-12)18-21(28)25-11-26-22(18)31-20(15)19-14(16)4-3-9-24-19/h3-11,17H,1-2H3,(H,25,26,28). The predicted molar refractivity (Wildman–Crippen MR) is 120 cm³/mol. The van der Waals surface area contributed by atoms with E-state index in [1.54, 1.807) is 48.7 Å². The van der Waals surface area contributed by atoms with Gasteiger partial charge < -0.3 is 9.72 Å². The van der Waals surface area contributed by atoms with Crippen LogP contribution in [0.5, 0.6) is 11.6 Å². The summed E-state index contributed by atoms with van der Waals surface area (Å²) in [5, 5.41) is 0.959. The van der Waals surface area contributed by atoms with E-state index in [0.29, 0.717) is 27.2 Å². The molecule has 2 aromatic carbocycles. The Balaban J connectivity index is 1.92. The van der Waals surface area contributed by atoms with Crippen LogP contribution in [0.1, 0.15) is 22.6 Å². The van der Waals surface area contributed by atoms with Crippen LogP contribution in [-0.4, -0.2) is 41.8 Å². The highest BCUT2D eigenvalue weighted by molar-refractivity contribution is 7.89. The van der Waals surface area contributed by atoms with Crippen LogP contribution >= 0.6 is 11.6 Å². The molecule has 10 heteroatoms. The van der Waals surface area contributed by atoms with Crippen molar-refractivity contribution in [3.8, 4) is 11.6 Å². The van der Waals surface area contributed by atoms with Gasteiger partial charge in [0.25, 0.3) is 5.56 Å². The lowest BCUT2D eigenvalue weighted by Crippen LogP contribution is -2.26. The normalized spacial score (nSPS) is 15.3. The fourth-order valence-corrected chi connectivity index (χ4v) is 5.16. The minimum absolute atomic E-state index is 0.0793. The molecule has 0 fully saturated rings. The van der Waals surface area contributed by atoms with E-state index >= 15 is 0 Å². The maximum absolute atomic E-state index is 13.2. The molecule has 8 nitrogen and oxygen atoms in total. The summed E-state index contributed by atoms with van der Waals surface area (Å²) < 4.78 is 33.6. The number of nitrogens with one attached hydrogen (secondary N) is 1. The van der Waals surface area contributed by atoms with E-state index in [1.807, 2.05) is 0 Å². The highest BCUT2D eigenvalue weighted by atomic mass is 35.5. The van der Waals surface area contributed by atoms with E-state index in [-0.39, 0.29) is 21.9 Å². The summed E-state index contributed by atoms with van der Waals surface area (Å²) in [7, 11) is -0.889. The molecule has 1 aliphatic rings. The minimum Gasteiger partial charge on any atom is -0.436 e. The first kappa shape index (κ1) is 20.6. The Morgan fingerprint density at radius 2 is 1.88 bits per heavy atom. The molecule has 0 saturated carbocycles. The Morgan fingerprint density at radius 1 is 1.12 bits per heavy atom. The molecular weight excluding hydrogens is 452 g/mol. The molecule has 1 unspecified atom stereocenters. The van der Waals surface area contributed by atoms with E-state index in [1.165, 1.54) is 20.4 Å². The molecule has 3 heterocycles. The molecular formula is C22H17ClN4O4S. The van der Waals surface area contributed by atoms with E-state index in [4.69, 9.17) is 16.3 Å². The van der Waals surface area contributed by atoms with Crippen molar-refractivity contribution in [1.29, 1.82) is 0 Å². The van der Waals surface area contributed by atoms with Gasteiger partial charge in [-0.15, -0.1) is 0 Å². The summed E-state index contributed by atoms with van der Waals surface area (Å²) in [4.78, 5) is 24.1. The molecule has 32 heavy (non-hydrogen) atoms. The van der Waals surface area contributed by atoms with E-state index < -0.39 is 15.9 Å². The van der Waals surface area contributed by atoms with Crippen molar-refractivity contribution >= 4 is 32.5 Å². The molecule has 4 aromatic rings. The molecule has 2 aromatic heterocycles. The zero-order chi connectivity index (χ0) is 22.6. The van der Waals surface area contributed by atoms with Crippen molar-refractivity contribution in [3.05, 3.63) is 87.1 Å². The van der Waals surface area contributed by atoms with Crippen LogP contribution in [0.3, 0.4) is 0 Å². The first-order chi connectivity index (χ1) is 15.3. The van der Waals surface area contributed by atoms with Crippen molar-refractivity contribution in [1.82, 2.24) is 19.3 Å². The summed E-state index contributed by atoms with van der Waals surface area (Å²) in [6, 6.07) is 11.9. The van der Waals surface area contributed by atoms with Gasteiger partial charge in [0.15, 0.2) is 5.75 Å². The smallest absolute Gasteiger partial charge is 0.258 e. The lowest BCUT2D eigenvalue weighted by atomic mass is 9.83. The highest BCUT2D eigenvalue weighted by Crippen LogP contribution is 2.49. The second-order valence-electron chi connectivity index (χ2n) is 7.52. The number of pyridine rings is 1. The van der Waals surface area contributed by atoms with Crippen LogP contribution in [0, 0.1) is 0 Å². The lowest BCUT2D eigenvalue weighted by molar-refractivity contribution is 0.433. The highest BCUT2D eigenvalue weighted by Gasteiger charge is 2.36. The van der Waals surface area contributed by atoms with Gasteiger partial charge in [-0.1, -0.05) is 23.7 Å². The average molecular weight is 469 g/mol. The molecule has 5 rings (SSSR count). The molecule has 0 bridgehead atoms. The Bertz CT molecular complexity index is 1530. The largest absolute Gasteiger partial charge is 0.436 e. The molecule has 1 aliphatic heterocycles. The van der Waals surface area contributed by atoms with Gasteiger partial charge in [0.1, 0.15) is 5.52 Å². The maximum atomic E-state index is 13.2. The number of ether oxygens (including phenoxy) is 1. The zero-order valence-corrected chi connectivity index (χ0v) is 18.6. The van der Waals surface area contributed by atoms with Gasteiger partial charge in [0.2, 0.25) is 15.9 Å². The van der Waals surface area contributed by atoms with Gasteiger partial charge in [0, 0.05) is 42.2 Å². The topological polar surface area (TPSA) is 105 Å². The predicted octanol–water partition coefficient (Wildman–Crippen LogP) is 3.51. The maximum Gasteiger partial charge on any atom is 0.258 e. The van der Waals surface area contributed by atoms with Gasteiger partial charge in [-0.25, -0.2) is 17.7 Å².